The van der Waals surface area contributed by atoms with Crippen LogP contribution in [-0.4, -0.2) is 39.9 Å². The van der Waals surface area contributed by atoms with Crippen LogP contribution in [0.1, 0.15) is 65.6 Å². The first kappa shape index (κ1) is 31.7. The van der Waals surface area contributed by atoms with E-state index in [1.54, 1.807) is 36.8 Å². The lowest BCUT2D eigenvalue weighted by molar-refractivity contribution is -0.139. The van der Waals surface area contributed by atoms with Gasteiger partial charge in [-0.2, -0.15) is 0 Å². The van der Waals surface area contributed by atoms with E-state index in [0.29, 0.717) is 44.0 Å². The Kier molecular flexibility index (Phi) is 8.70. The van der Waals surface area contributed by atoms with Crippen molar-refractivity contribution in [2.24, 2.45) is 4.99 Å². The molecule has 6 rings (SSSR count). The minimum atomic E-state index is -1.00. The maximum atomic E-state index is 14.5. The lowest BCUT2D eigenvalue weighted by Gasteiger charge is -2.28. The summed E-state index contributed by atoms with van der Waals surface area (Å²) in [7, 11) is 1.58. The molecule has 3 heterocycles. The first-order valence-electron chi connectivity index (χ1n) is 15.5. The fourth-order valence-electron chi connectivity index (χ4n) is 6.38. The zero-order valence-corrected chi connectivity index (χ0v) is 27.7. The molecule has 0 saturated heterocycles. The number of carbonyl (C=O) groups excluding carboxylic acids is 1. The number of aromatic carboxylic acids is 1. The SMILES string of the molecule is CCCC1=C(C(=O)OCC)[C@H](c2c(OC)ccc3ccccc23)n2c(s/c(=C\c3cc(C)n(-c4cccc(C(=O)O)c4)c3C)c2=O)=N1. The number of hydrogen-bond donors (Lipinski definition) is 1. The van der Waals surface area contributed by atoms with Crippen molar-refractivity contribution >= 4 is 40.1 Å². The van der Waals surface area contributed by atoms with Gasteiger partial charge < -0.3 is 19.1 Å². The van der Waals surface area contributed by atoms with Gasteiger partial charge in [0.2, 0.25) is 0 Å². The van der Waals surface area contributed by atoms with Crippen molar-refractivity contribution in [3.8, 4) is 11.4 Å². The van der Waals surface area contributed by atoms with Gasteiger partial charge in [0.05, 0.1) is 35.1 Å². The number of ether oxygens (including phenoxy) is 2. The molecule has 0 amide bonds. The smallest absolute Gasteiger partial charge is 0.338 e. The molecular weight excluding hydrogens is 614 g/mol. The molecule has 0 aliphatic carbocycles. The molecule has 47 heavy (non-hydrogen) atoms. The molecule has 240 valence electrons. The molecule has 0 saturated carbocycles. The molecule has 3 aromatic carbocycles. The van der Waals surface area contributed by atoms with Gasteiger partial charge in [-0.3, -0.25) is 9.36 Å². The van der Waals surface area contributed by atoms with E-state index in [1.165, 1.54) is 11.3 Å². The van der Waals surface area contributed by atoms with Gasteiger partial charge in [0, 0.05) is 22.6 Å². The fraction of sp³-hybridized carbons (Fsp3) is 0.243. The van der Waals surface area contributed by atoms with Crippen LogP contribution in [0.15, 0.2) is 87.8 Å². The van der Waals surface area contributed by atoms with Crippen LogP contribution >= 0.6 is 11.3 Å². The van der Waals surface area contributed by atoms with Crippen molar-refractivity contribution in [2.75, 3.05) is 13.7 Å². The van der Waals surface area contributed by atoms with E-state index in [0.717, 1.165) is 34.1 Å². The molecule has 0 radical (unpaired) electrons. The number of carboxylic acid groups (broad SMARTS) is 1. The number of aryl methyl sites for hydroxylation is 1. The van der Waals surface area contributed by atoms with E-state index in [9.17, 15) is 19.5 Å². The summed E-state index contributed by atoms with van der Waals surface area (Å²) < 4.78 is 15.5. The van der Waals surface area contributed by atoms with Gasteiger partial charge in [0.15, 0.2) is 4.80 Å². The summed E-state index contributed by atoms with van der Waals surface area (Å²) in [4.78, 5) is 45.3. The van der Waals surface area contributed by atoms with Crippen molar-refractivity contribution in [3.63, 3.8) is 0 Å². The van der Waals surface area contributed by atoms with Gasteiger partial charge in [-0.1, -0.05) is 61.1 Å². The molecule has 0 bridgehead atoms. The van der Waals surface area contributed by atoms with Gasteiger partial charge in [-0.25, -0.2) is 14.6 Å². The molecule has 2 aromatic heterocycles. The highest BCUT2D eigenvalue weighted by Crippen LogP contribution is 2.41. The molecule has 0 unspecified atom stereocenters. The standard InChI is InChI=1S/C37H35N3O6S/c1-6-11-28-32(36(44)46-7-2)33(31-27-15-9-8-12-23(27)16-17-29(31)45-5)40-34(41)30(47-37(40)38-28)20-25-18-21(3)39(22(25)4)26-14-10-13-24(19-26)35(42)43/h8-10,12-20,33H,6-7,11H2,1-5H3,(H,42,43)/b30-20-/t33-/m0/s1. The molecule has 10 heteroatoms. The predicted molar refractivity (Wildman–Crippen MR) is 182 cm³/mol. The number of carboxylic acids is 1. The minimum absolute atomic E-state index is 0.177. The van der Waals surface area contributed by atoms with Crippen molar-refractivity contribution < 1.29 is 24.2 Å². The molecule has 0 fully saturated rings. The lowest BCUT2D eigenvalue weighted by Crippen LogP contribution is -2.40. The van der Waals surface area contributed by atoms with Crippen LogP contribution in [0.5, 0.6) is 5.75 Å². The summed E-state index contributed by atoms with van der Waals surface area (Å²) in [5.41, 5.74) is 4.78. The highest BCUT2D eigenvalue weighted by Gasteiger charge is 2.37. The van der Waals surface area contributed by atoms with E-state index >= 15 is 0 Å². The fourth-order valence-corrected chi connectivity index (χ4v) is 7.39. The number of carbonyl (C=O) groups is 2. The molecule has 1 N–H and O–H groups in total. The van der Waals surface area contributed by atoms with Crippen LogP contribution in [0.2, 0.25) is 0 Å². The van der Waals surface area contributed by atoms with Crippen LogP contribution in [0.3, 0.4) is 0 Å². The Labute approximate surface area is 275 Å². The molecule has 1 atom stereocenters. The Morgan fingerprint density at radius 3 is 2.55 bits per heavy atom. The number of aromatic nitrogens is 2. The Hall–Kier alpha value is -5.22. The van der Waals surface area contributed by atoms with Crippen LogP contribution in [0, 0.1) is 13.8 Å². The number of allylic oxidation sites excluding steroid dienone is 1. The first-order valence-corrected chi connectivity index (χ1v) is 16.3. The van der Waals surface area contributed by atoms with E-state index in [-0.39, 0.29) is 17.7 Å². The summed E-state index contributed by atoms with van der Waals surface area (Å²) in [5.74, 6) is -0.964. The largest absolute Gasteiger partial charge is 0.496 e. The number of thiazole rings is 1. The van der Waals surface area contributed by atoms with Crippen LogP contribution in [0.25, 0.3) is 22.5 Å². The maximum absolute atomic E-state index is 14.5. The zero-order chi connectivity index (χ0) is 33.4. The van der Waals surface area contributed by atoms with Crippen LogP contribution < -0.4 is 19.6 Å². The first-order chi connectivity index (χ1) is 22.7. The van der Waals surface area contributed by atoms with Crippen molar-refractivity contribution in [1.82, 2.24) is 9.13 Å². The summed E-state index contributed by atoms with van der Waals surface area (Å²) >= 11 is 1.27. The maximum Gasteiger partial charge on any atom is 0.338 e. The van der Waals surface area contributed by atoms with Gasteiger partial charge in [-0.15, -0.1) is 0 Å². The highest BCUT2D eigenvalue weighted by molar-refractivity contribution is 7.07. The lowest BCUT2D eigenvalue weighted by atomic mass is 9.90. The molecule has 5 aromatic rings. The number of rotatable bonds is 9. The highest BCUT2D eigenvalue weighted by atomic mass is 32.1. The van der Waals surface area contributed by atoms with Crippen molar-refractivity contribution in [1.29, 1.82) is 0 Å². The second kappa shape index (κ2) is 12.9. The van der Waals surface area contributed by atoms with E-state index in [2.05, 4.69) is 0 Å². The van der Waals surface area contributed by atoms with Crippen molar-refractivity contribution in [2.45, 2.75) is 46.6 Å². The van der Waals surface area contributed by atoms with Gasteiger partial charge in [0.1, 0.15) is 11.8 Å². The van der Waals surface area contributed by atoms with Crippen LogP contribution in [-0.2, 0) is 9.53 Å². The Balaban J connectivity index is 1.62. The van der Waals surface area contributed by atoms with Gasteiger partial charge >= 0.3 is 11.9 Å². The number of methoxy groups -OCH3 is 1. The van der Waals surface area contributed by atoms with E-state index in [4.69, 9.17) is 14.5 Å². The van der Waals surface area contributed by atoms with E-state index in [1.807, 2.05) is 79.9 Å². The molecule has 9 nitrogen and oxygen atoms in total. The Bertz CT molecular complexity index is 2270. The number of esters is 1. The Morgan fingerprint density at radius 2 is 1.83 bits per heavy atom. The average Bonchev–Trinajstić information content (AvgIpc) is 3.53. The van der Waals surface area contributed by atoms with Gasteiger partial charge in [0.25, 0.3) is 5.56 Å². The van der Waals surface area contributed by atoms with Crippen LogP contribution in [0.4, 0.5) is 0 Å². The average molecular weight is 650 g/mol. The summed E-state index contributed by atoms with van der Waals surface area (Å²) in [6.45, 7) is 7.84. The number of hydrogen-bond acceptors (Lipinski definition) is 7. The number of nitrogens with zero attached hydrogens (tertiary/aromatic N) is 3. The Morgan fingerprint density at radius 1 is 1.04 bits per heavy atom. The second-order valence-corrected chi connectivity index (χ2v) is 12.3. The summed E-state index contributed by atoms with van der Waals surface area (Å²) in [6, 6.07) is 19.6. The van der Waals surface area contributed by atoms with Gasteiger partial charge in [-0.05, 0) is 79.9 Å². The summed E-state index contributed by atoms with van der Waals surface area (Å²) in [5, 5.41) is 11.3. The third-order valence-electron chi connectivity index (χ3n) is 8.42. The molecular formula is C37H35N3O6S. The third-order valence-corrected chi connectivity index (χ3v) is 9.41. The third kappa shape index (κ3) is 5.59. The zero-order valence-electron chi connectivity index (χ0n) is 26.9. The normalized spacial score (nSPS) is 14.7. The molecule has 1 aliphatic rings. The molecule has 0 spiro atoms. The number of benzene rings is 3. The van der Waals surface area contributed by atoms with E-state index < -0.39 is 18.0 Å². The van der Waals surface area contributed by atoms with Crippen molar-refractivity contribution in [3.05, 3.63) is 126 Å². The quantitative estimate of drug-likeness (QED) is 0.201. The summed E-state index contributed by atoms with van der Waals surface area (Å²) in [6.07, 6.45) is 3.11. The minimum Gasteiger partial charge on any atom is -0.496 e. The second-order valence-electron chi connectivity index (χ2n) is 11.3. The number of fused-ring (bicyclic) bond motifs is 2. The topological polar surface area (TPSA) is 112 Å². The predicted octanol–water partition coefficient (Wildman–Crippen LogP) is 5.85. The monoisotopic (exact) mass is 649 g/mol. The molecule has 1 aliphatic heterocycles.